The molecule has 1 aliphatic rings. The number of rotatable bonds is 4. The third-order valence-electron chi connectivity index (χ3n) is 3.71. The summed E-state index contributed by atoms with van der Waals surface area (Å²) in [4.78, 5) is 20.6. The van der Waals surface area contributed by atoms with E-state index in [-0.39, 0.29) is 6.03 Å². The standard InChI is InChI=1S/C16H20N4OS2/c1-19-7-9-20(10-8-19)16(21)18-15-17-11-14(23-15)22-12-13-5-3-2-4-6-13/h2-6,11H,7-10,12H2,1H3,(H,17,18,21). The Kier molecular flexibility index (Phi) is 5.53. The number of anilines is 1. The van der Waals surface area contributed by atoms with Gasteiger partial charge in [-0.2, -0.15) is 0 Å². The number of aromatic nitrogens is 1. The maximum absolute atomic E-state index is 12.2. The van der Waals surface area contributed by atoms with Crippen LogP contribution in [0, 0.1) is 0 Å². The van der Waals surface area contributed by atoms with Crippen LogP contribution in [-0.4, -0.2) is 54.0 Å². The van der Waals surface area contributed by atoms with Gasteiger partial charge in [0, 0.05) is 31.9 Å². The Morgan fingerprint density at radius 2 is 2.00 bits per heavy atom. The molecule has 7 heteroatoms. The normalized spacial score (nSPS) is 15.6. The molecule has 0 atom stereocenters. The first-order valence-corrected chi connectivity index (χ1v) is 9.38. The van der Waals surface area contributed by atoms with Gasteiger partial charge in [-0.05, 0) is 12.6 Å². The molecule has 1 saturated heterocycles. The number of hydrogen-bond acceptors (Lipinski definition) is 5. The van der Waals surface area contributed by atoms with Gasteiger partial charge in [0.1, 0.15) is 0 Å². The van der Waals surface area contributed by atoms with Gasteiger partial charge in [-0.15, -0.1) is 11.8 Å². The van der Waals surface area contributed by atoms with E-state index >= 15 is 0 Å². The lowest BCUT2D eigenvalue weighted by molar-refractivity contribution is 0.164. The molecule has 5 nitrogen and oxygen atoms in total. The molecule has 0 saturated carbocycles. The number of carbonyl (C=O) groups excluding carboxylic acids is 1. The summed E-state index contributed by atoms with van der Waals surface area (Å²) in [6.07, 6.45) is 1.83. The molecule has 1 fully saturated rings. The zero-order chi connectivity index (χ0) is 16.1. The van der Waals surface area contributed by atoms with Gasteiger partial charge in [-0.3, -0.25) is 5.32 Å². The molecule has 0 radical (unpaired) electrons. The fourth-order valence-corrected chi connectivity index (χ4v) is 4.11. The van der Waals surface area contributed by atoms with Gasteiger partial charge in [0.05, 0.1) is 10.4 Å². The number of benzene rings is 1. The molecule has 23 heavy (non-hydrogen) atoms. The molecule has 122 valence electrons. The summed E-state index contributed by atoms with van der Waals surface area (Å²) in [5, 5.41) is 3.58. The molecule has 0 bridgehead atoms. The molecule has 1 aromatic heterocycles. The van der Waals surface area contributed by atoms with E-state index in [2.05, 4.69) is 34.4 Å². The average Bonchev–Trinajstić information content (AvgIpc) is 3.02. The number of thiazole rings is 1. The molecule has 2 aromatic rings. The Balaban J connectivity index is 1.50. The molecular formula is C16H20N4OS2. The zero-order valence-corrected chi connectivity index (χ0v) is 14.7. The van der Waals surface area contributed by atoms with Crippen LogP contribution in [0.5, 0.6) is 0 Å². The van der Waals surface area contributed by atoms with Crippen molar-refractivity contribution in [1.82, 2.24) is 14.8 Å². The molecule has 0 aliphatic carbocycles. The second kappa shape index (κ2) is 7.81. The van der Waals surface area contributed by atoms with Crippen LogP contribution in [0.2, 0.25) is 0 Å². The quantitative estimate of drug-likeness (QED) is 0.862. The largest absolute Gasteiger partial charge is 0.323 e. The lowest BCUT2D eigenvalue weighted by Gasteiger charge is -2.32. The van der Waals surface area contributed by atoms with Crippen LogP contribution < -0.4 is 5.32 Å². The number of nitrogens with one attached hydrogen (secondary N) is 1. The maximum Gasteiger partial charge on any atom is 0.323 e. The highest BCUT2D eigenvalue weighted by Gasteiger charge is 2.19. The molecule has 1 aromatic carbocycles. The van der Waals surface area contributed by atoms with Gasteiger partial charge in [0.2, 0.25) is 0 Å². The minimum Gasteiger partial charge on any atom is -0.322 e. The second-order valence-corrected chi connectivity index (χ2v) is 7.79. The molecule has 0 spiro atoms. The van der Waals surface area contributed by atoms with Gasteiger partial charge in [0.15, 0.2) is 5.13 Å². The van der Waals surface area contributed by atoms with Crippen molar-refractivity contribution < 1.29 is 4.79 Å². The number of piperazine rings is 1. The first kappa shape index (κ1) is 16.3. The molecule has 0 unspecified atom stereocenters. The minimum atomic E-state index is -0.0490. The number of thioether (sulfide) groups is 1. The van der Waals surface area contributed by atoms with Crippen molar-refractivity contribution in [2.45, 2.75) is 9.96 Å². The van der Waals surface area contributed by atoms with Crippen LogP contribution in [0.4, 0.5) is 9.93 Å². The summed E-state index contributed by atoms with van der Waals surface area (Å²) >= 11 is 3.27. The summed E-state index contributed by atoms with van der Waals surface area (Å²) in [5.74, 6) is 0.912. The fourth-order valence-electron chi connectivity index (χ4n) is 2.29. The highest BCUT2D eigenvalue weighted by molar-refractivity contribution is 8.00. The smallest absolute Gasteiger partial charge is 0.322 e. The van der Waals surface area contributed by atoms with Gasteiger partial charge < -0.3 is 9.80 Å². The Bertz CT molecular complexity index is 639. The highest BCUT2D eigenvalue weighted by Crippen LogP contribution is 2.30. The Morgan fingerprint density at radius 1 is 1.26 bits per heavy atom. The second-order valence-electron chi connectivity index (χ2n) is 5.48. The van der Waals surface area contributed by atoms with Crippen LogP contribution in [0.15, 0.2) is 40.7 Å². The average molecular weight is 348 g/mol. The van der Waals surface area contributed by atoms with E-state index < -0.39 is 0 Å². The molecule has 1 aliphatic heterocycles. The van der Waals surface area contributed by atoms with E-state index in [1.807, 2.05) is 29.3 Å². The van der Waals surface area contributed by atoms with Crippen molar-refractivity contribution in [3.05, 3.63) is 42.1 Å². The van der Waals surface area contributed by atoms with E-state index in [0.29, 0.717) is 5.13 Å². The summed E-state index contributed by atoms with van der Waals surface area (Å²) in [5.41, 5.74) is 1.29. The molecule has 1 N–H and O–H groups in total. The van der Waals surface area contributed by atoms with Crippen molar-refractivity contribution >= 4 is 34.3 Å². The van der Waals surface area contributed by atoms with Crippen LogP contribution in [0.25, 0.3) is 0 Å². The molecule has 2 amide bonds. The monoisotopic (exact) mass is 348 g/mol. The number of nitrogens with zero attached hydrogens (tertiary/aromatic N) is 3. The third-order valence-corrected chi connectivity index (χ3v) is 5.89. The fraction of sp³-hybridized carbons (Fsp3) is 0.375. The Hall–Kier alpha value is -1.57. The van der Waals surface area contributed by atoms with Crippen molar-refractivity contribution in [2.24, 2.45) is 0 Å². The number of amides is 2. The van der Waals surface area contributed by atoms with Gasteiger partial charge >= 0.3 is 6.03 Å². The Labute approximate surface area is 144 Å². The molecule has 3 rings (SSSR count). The van der Waals surface area contributed by atoms with Crippen molar-refractivity contribution in [3.8, 4) is 0 Å². The first-order chi connectivity index (χ1) is 11.2. The zero-order valence-electron chi connectivity index (χ0n) is 13.1. The Morgan fingerprint density at radius 3 is 2.74 bits per heavy atom. The maximum atomic E-state index is 12.2. The summed E-state index contributed by atoms with van der Waals surface area (Å²) in [7, 11) is 2.08. The van der Waals surface area contributed by atoms with E-state index in [4.69, 9.17) is 0 Å². The first-order valence-electron chi connectivity index (χ1n) is 7.58. The SMILES string of the molecule is CN1CCN(C(=O)Nc2ncc(SCc3ccccc3)s2)CC1. The van der Waals surface area contributed by atoms with E-state index in [1.165, 1.54) is 16.9 Å². The summed E-state index contributed by atoms with van der Waals surface area (Å²) in [6.45, 7) is 3.37. The highest BCUT2D eigenvalue weighted by atomic mass is 32.2. The van der Waals surface area contributed by atoms with Gasteiger partial charge in [-0.1, -0.05) is 41.7 Å². The van der Waals surface area contributed by atoms with Gasteiger partial charge in [0.25, 0.3) is 0 Å². The third kappa shape index (κ3) is 4.70. The predicted octanol–water partition coefficient (Wildman–Crippen LogP) is 3.21. The molecule has 2 heterocycles. The predicted molar refractivity (Wildman–Crippen MR) is 96.2 cm³/mol. The van der Waals surface area contributed by atoms with E-state index in [0.717, 1.165) is 36.1 Å². The van der Waals surface area contributed by atoms with Crippen molar-refractivity contribution in [2.75, 3.05) is 38.5 Å². The molecular weight excluding hydrogens is 328 g/mol. The van der Waals surface area contributed by atoms with Crippen LogP contribution >= 0.6 is 23.1 Å². The summed E-state index contributed by atoms with van der Waals surface area (Å²) in [6, 6.07) is 10.3. The van der Waals surface area contributed by atoms with Crippen LogP contribution in [0.3, 0.4) is 0 Å². The number of hydrogen-bond donors (Lipinski definition) is 1. The van der Waals surface area contributed by atoms with Crippen molar-refractivity contribution in [3.63, 3.8) is 0 Å². The van der Waals surface area contributed by atoms with Crippen LogP contribution in [-0.2, 0) is 5.75 Å². The number of likely N-dealkylation sites (N-methyl/N-ethyl adjacent to an activating group) is 1. The topological polar surface area (TPSA) is 48.5 Å². The van der Waals surface area contributed by atoms with E-state index in [9.17, 15) is 4.79 Å². The van der Waals surface area contributed by atoms with E-state index in [1.54, 1.807) is 11.8 Å². The lowest BCUT2D eigenvalue weighted by Crippen LogP contribution is -2.48. The van der Waals surface area contributed by atoms with Crippen molar-refractivity contribution in [1.29, 1.82) is 0 Å². The number of urea groups is 1. The summed E-state index contributed by atoms with van der Waals surface area (Å²) < 4.78 is 1.11. The van der Waals surface area contributed by atoms with Gasteiger partial charge in [-0.25, -0.2) is 9.78 Å². The van der Waals surface area contributed by atoms with Crippen LogP contribution in [0.1, 0.15) is 5.56 Å². The lowest BCUT2D eigenvalue weighted by atomic mass is 10.2. The minimum absolute atomic E-state index is 0.0490. The number of carbonyl (C=O) groups is 1.